The van der Waals surface area contributed by atoms with Gasteiger partial charge in [0.25, 0.3) is 0 Å². The fourth-order valence-corrected chi connectivity index (χ4v) is 2.43. The minimum Gasteiger partial charge on any atom is -0.490 e. The molecule has 1 aromatic carbocycles. The highest BCUT2D eigenvalue weighted by atomic mass is 32.2. The van der Waals surface area contributed by atoms with Gasteiger partial charge in [-0.05, 0) is 35.1 Å². The molecule has 5 nitrogen and oxygen atoms in total. The molecule has 1 aromatic rings. The monoisotopic (exact) mass is 346 g/mol. The Morgan fingerprint density at radius 3 is 2.48 bits per heavy atom. The van der Waals surface area contributed by atoms with Crippen LogP contribution in [0.5, 0.6) is 5.75 Å². The summed E-state index contributed by atoms with van der Waals surface area (Å²) in [6.45, 7) is 6.35. The molecule has 3 N–H and O–H groups in total. The van der Waals surface area contributed by atoms with Gasteiger partial charge in [0.15, 0.2) is 0 Å². The lowest BCUT2D eigenvalue weighted by Gasteiger charge is -2.22. The average Bonchev–Trinajstić information content (AvgIpc) is 2.42. The van der Waals surface area contributed by atoms with Crippen LogP contribution in [0, 0.1) is 0 Å². The molecule has 1 rings (SSSR count). The number of hydrogen-bond donors (Lipinski definition) is 2. The van der Waals surface area contributed by atoms with E-state index in [2.05, 4.69) is 25.5 Å². The van der Waals surface area contributed by atoms with Crippen molar-refractivity contribution in [3.63, 3.8) is 0 Å². The van der Waals surface area contributed by atoms with Crippen LogP contribution < -0.4 is 15.2 Å². The highest BCUT2D eigenvalue weighted by molar-refractivity contribution is 7.88. The summed E-state index contributed by atoms with van der Waals surface area (Å²) in [4.78, 5) is 0. The van der Waals surface area contributed by atoms with Crippen LogP contribution in [0.2, 0.25) is 0 Å². The molecule has 0 unspecified atom stereocenters. The van der Waals surface area contributed by atoms with Crippen LogP contribution in [0.15, 0.2) is 18.2 Å². The van der Waals surface area contributed by atoms with Gasteiger partial charge in [0.1, 0.15) is 18.5 Å². The third-order valence-corrected chi connectivity index (χ3v) is 4.03. The number of hydrogen-bond acceptors (Lipinski definition) is 4. The Morgan fingerprint density at radius 2 is 1.96 bits per heavy atom. The van der Waals surface area contributed by atoms with E-state index >= 15 is 0 Å². The minimum atomic E-state index is -3.21. The van der Waals surface area contributed by atoms with Gasteiger partial charge >= 0.3 is 0 Å². The molecular formula is C16H27FN2O3S. The Morgan fingerprint density at radius 1 is 1.30 bits per heavy atom. The van der Waals surface area contributed by atoms with E-state index in [1.165, 1.54) is 0 Å². The Kier molecular flexibility index (Phi) is 6.98. The van der Waals surface area contributed by atoms with Gasteiger partial charge in [0, 0.05) is 13.1 Å². The normalized spacial score (nSPS) is 13.8. The second-order valence-electron chi connectivity index (χ2n) is 6.68. The van der Waals surface area contributed by atoms with Crippen molar-refractivity contribution < 1.29 is 17.5 Å². The molecule has 0 saturated carbocycles. The number of nitrogens with two attached hydrogens (primary N) is 1. The number of rotatable bonds is 8. The lowest BCUT2D eigenvalue weighted by molar-refractivity contribution is 0.200. The summed E-state index contributed by atoms with van der Waals surface area (Å²) in [5, 5.41) is 0. The molecule has 0 aliphatic rings. The van der Waals surface area contributed by atoms with Crippen molar-refractivity contribution in [3.05, 3.63) is 29.3 Å². The summed E-state index contributed by atoms with van der Waals surface area (Å²) >= 11 is 0. The third kappa shape index (κ3) is 7.76. The largest absolute Gasteiger partial charge is 0.490 e. The fraction of sp³-hybridized carbons (Fsp3) is 0.625. The zero-order valence-electron chi connectivity index (χ0n) is 14.2. The number of sulfonamides is 1. The van der Waals surface area contributed by atoms with Gasteiger partial charge in [-0.1, -0.05) is 26.8 Å². The molecule has 0 amide bonds. The number of alkyl halides is 1. The summed E-state index contributed by atoms with van der Waals surface area (Å²) in [5.74, 6) is 0.572. The van der Waals surface area contributed by atoms with Crippen molar-refractivity contribution in [1.29, 1.82) is 0 Å². The Balaban J connectivity index is 2.91. The highest BCUT2D eigenvalue weighted by Gasteiger charge is 2.16. The van der Waals surface area contributed by atoms with Gasteiger partial charge in [-0.25, -0.2) is 17.5 Å². The minimum absolute atomic E-state index is 0.0793. The Labute approximate surface area is 138 Å². The Hall–Kier alpha value is -1.18. The van der Waals surface area contributed by atoms with Crippen molar-refractivity contribution in [2.45, 2.75) is 38.8 Å². The van der Waals surface area contributed by atoms with Gasteiger partial charge < -0.3 is 10.5 Å². The second-order valence-corrected chi connectivity index (χ2v) is 8.51. The molecule has 132 valence electrons. The zero-order valence-corrected chi connectivity index (χ0v) is 15.0. The number of benzene rings is 1. The molecular weight excluding hydrogens is 319 g/mol. The van der Waals surface area contributed by atoms with Crippen LogP contribution in [0.1, 0.15) is 31.9 Å². The van der Waals surface area contributed by atoms with E-state index in [0.717, 1.165) is 17.4 Å². The van der Waals surface area contributed by atoms with E-state index < -0.39 is 16.2 Å². The molecule has 0 aliphatic carbocycles. The van der Waals surface area contributed by atoms with Crippen LogP contribution in [0.25, 0.3) is 0 Å². The maximum atomic E-state index is 13.3. The van der Waals surface area contributed by atoms with Crippen molar-refractivity contribution >= 4 is 10.0 Å². The quantitative estimate of drug-likeness (QED) is 0.751. The standard InChI is InChI=1S/C16H27FN2O3S/c1-16(2,3)13-7-12(5-6-19-23(4,20)21)8-15(9-13)22-11-14(17)10-18/h7-9,14,19H,5-6,10-11,18H2,1-4H3/t14-/m1/s1. The van der Waals surface area contributed by atoms with Crippen molar-refractivity contribution in [2.75, 3.05) is 26.0 Å². The maximum absolute atomic E-state index is 13.3. The van der Waals surface area contributed by atoms with Gasteiger partial charge in [-0.15, -0.1) is 0 Å². The molecule has 0 aromatic heterocycles. The first kappa shape index (κ1) is 19.9. The topological polar surface area (TPSA) is 81.4 Å². The number of nitrogens with one attached hydrogen (secondary N) is 1. The lowest BCUT2D eigenvalue weighted by atomic mass is 9.85. The Bertz CT molecular complexity index is 612. The molecule has 0 heterocycles. The van der Waals surface area contributed by atoms with Gasteiger partial charge in [-0.2, -0.15) is 0 Å². The molecule has 1 atom stereocenters. The van der Waals surface area contributed by atoms with Crippen molar-refractivity contribution in [1.82, 2.24) is 4.72 Å². The third-order valence-electron chi connectivity index (χ3n) is 3.30. The predicted molar refractivity (Wildman–Crippen MR) is 91.1 cm³/mol. The lowest BCUT2D eigenvalue weighted by Crippen LogP contribution is -2.24. The first-order valence-corrected chi connectivity index (χ1v) is 9.46. The van der Waals surface area contributed by atoms with Crippen molar-refractivity contribution in [2.24, 2.45) is 5.73 Å². The molecule has 0 aliphatic heterocycles. The number of ether oxygens (including phenoxy) is 1. The van der Waals surface area contributed by atoms with Gasteiger partial charge in [-0.3, -0.25) is 0 Å². The fourth-order valence-electron chi connectivity index (χ4n) is 1.96. The second kappa shape index (κ2) is 8.08. The van der Waals surface area contributed by atoms with Crippen LogP contribution >= 0.6 is 0 Å². The van der Waals surface area contributed by atoms with Crippen LogP contribution in [0.3, 0.4) is 0 Å². The smallest absolute Gasteiger partial charge is 0.208 e. The number of halogens is 1. The highest BCUT2D eigenvalue weighted by Crippen LogP contribution is 2.28. The van der Waals surface area contributed by atoms with E-state index in [-0.39, 0.29) is 18.6 Å². The van der Waals surface area contributed by atoms with Crippen molar-refractivity contribution in [3.8, 4) is 5.75 Å². The van der Waals surface area contributed by atoms with Gasteiger partial charge in [0.2, 0.25) is 10.0 Å². The van der Waals surface area contributed by atoms with Gasteiger partial charge in [0.05, 0.1) is 6.26 Å². The van der Waals surface area contributed by atoms with E-state index in [9.17, 15) is 12.8 Å². The molecule has 0 spiro atoms. The van der Waals surface area contributed by atoms with Crippen LogP contribution in [-0.2, 0) is 21.9 Å². The zero-order chi connectivity index (χ0) is 17.7. The van der Waals surface area contributed by atoms with Crippen LogP contribution in [-0.4, -0.2) is 40.5 Å². The van der Waals surface area contributed by atoms with E-state index in [0.29, 0.717) is 18.7 Å². The average molecular weight is 346 g/mol. The van der Waals surface area contributed by atoms with E-state index in [1.54, 1.807) is 0 Å². The molecule has 7 heteroatoms. The van der Waals surface area contributed by atoms with E-state index in [1.807, 2.05) is 18.2 Å². The first-order chi connectivity index (χ1) is 10.5. The summed E-state index contributed by atoms with van der Waals surface area (Å²) in [7, 11) is -3.21. The molecule has 23 heavy (non-hydrogen) atoms. The van der Waals surface area contributed by atoms with Crippen LogP contribution in [0.4, 0.5) is 4.39 Å². The SMILES string of the molecule is CC(C)(C)c1cc(CCNS(C)(=O)=O)cc(OC[C@H](F)CN)c1. The predicted octanol–water partition coefficient (Wildman–Crippen LogP) is 1.75. The maximum Gasteiger partial charge on any atom is 0.208 e. The molecule has 0 fully saturated rings. The molecule has 0 radical (unpaired) electrons. The molecule has 0 bridgehead atoms. The first-order valence-electron chi connectivity index (χ1n) is 7.57. The molecule has 0 saturated heterocycles. The summed E-state index contributed by atoms with van der Waals surface area (Å²) in [5.41, 5.74) is 7.14. The summed E-state index contributed by atoms with van der Waals surface area (Å²) < 4.78 is 43.5. The summed E-state index contributed by atoms with van der Waals surface area (Å²) in [6.07, 6.45) is 0.452. The summed E-state index contributed by atoms with van der Waals surface area (Å²) in [6, 6.07) is 5.71. The van der Waals surface area contributed by atoms with E-state index in [4.69, 9.17) is 10.5 Å².